The number of likely N-dealkylation sites (N-methyl/N-ethyl adjacent to an activating group) is 1. The van der Waals surface area contributed by atoms with Gasteiger partial charge in [0.1, 0.15) is 6.54 Å². The maximum Gasteiger partial charge on any atom is 0.325 e. The second-order valence-electron chi connectivity index (χ2n) is 4.41. The number of hydrogen-bond acceptors (Lipinski definition) is 3. The number of carbonyl (C=O) groups excluding carboxylic acids is 2. The third kappa shape index (κ3) is 2.45. The van der Waals surface area contributed by atoms with Crippen LogP contribution < -0.4 is 0 Å². The lowest BCUT2D eigenvalue weighted by atomic mass is 10.1. The first-order valence-corrected chi connectivity index (χ1v) is 5.91. The van der Waals surface area contributed by atoms with E-state index in [1.54, 1.807) is 13.2 Å². The van der Waals surface area contributed by atoms with Crippen LogP contribution in [0.3, 0.4) is 0 Å². The van der Waals surface area contributed by atoms with Gasteiger partial charge < -0.3 is 14.2 Å². The molecule has 2 rings (SSSR count). The number of ether oxygens (including phenoxy) is 1. The third-order valence-corrected chi connectivity index (χ3v) is 3.07. The summed E-state index contributed by atoms with van der Waals surface area (Å²) >= 11 is 0. The maximum absolute atomic E-state index is 12.3. The number of aromatic nitrogens is 1. The van der Waals surface area contributed by atoms with Gasteiger partial charge in [0.05, 0.1) is 12.7 Å². The van der Waals surface area contributed by atoms with E-state index < -0.39 is 5.97 Å². The first kappa shape index (κ1) is 13.1. The fourth-order valence-corrected chi connectivity index (χ4v) is 2.05. The van der Waals surface area contributed by atoms with Gasteiger partial charge in [0.2, 0.25) is 0 Å². The smallest absolute Gasteiger partial charge is 0.325 e. The van der Waals surface area contributed by atoms with E-state index in [1.165, 1.54) is 12.0 Å². The minimum Gasteiger partial charge on any atom is -0.468 e. The Morgan fingerprint density at radius 1 is 1.32 bits per heavy atom. The average molecular weight is 260 g/mol. The molecule has 0 bridgehead atoms. The molecular formula is C14H16N2O3. The van der Waals surface area contributed by atoms with Crippen molar-refractivity contribution in [1.29, 1.82) is 0 Å². The van der Waals surface area contributed by atoms with Gasteiger partial charge in [-0.05, 0) is 6.07 Å². The fourth-order valence-electron chi connectivity index (χ4n) is 2.05. The van der Waals surface area contributed by atoms with Gasteiger partial charge >= 0.3 is 5.97 Å². The van der Waals surface area contributed by atoms with Gasteiger partial charge in [0.15, 0.2) is 0 Å². The summed E-state index contributed by atoms with van der Waals surface area (Å²) in [6.07, 6.45) is 1.78. The van der Waals surface area contributed by atoms with Crippen LogP contribution in [0.5, 0.6) is 0 Å². The molecule has 19 heavy (non-hydrogen) atoms. The zero-order valence-electron chi connectivity index (χ0n) is 11.2. The van der Waals surface area contributed by atoms with Crippen molar-refractivity contribution < 1.29 is 14.3 Å². The van der Waals surface area contributed by atoms with E-state index in [9.17, 15) is 9.59 Å². The Labute approximate surface area is 111 Å². The molecule has 1 aromatic carbocycles. The van der Waals surface area contributed by atoms with Gasteiger partial charge in [-0.25, -0.2) is 0 Å². The van der Waals surface area contributed by atoms with Crippen LogP contribution in [-0.2, 0) is 16.6 Å². The van der Waals surface area contributed by atoms with E-state index >= 15 is 0 Å². The minimum absolute atomic E-state index is 0.0570. The van der Waals surface area contributed by atoms with Crippen LogP contribution >= 0.6 is 0 Å². The summed E-state index contributed by atoms with van der Waals surface area (Å²) in [7, 11) is 4.78. The summed E-state index contributed by atoms with van der Waals surface area (Å²) in [5, 5.41) is 0.881. The first-order valence-electron chi connectivity index (χ1n) is 5.91. The van der Waals surface area contributed by atoms with Crippen LogP contribution in [0.4, 0.5) is 0 Å². The summed E-state index contributed by atoms with van der Waals surface area (Å²) in [5.41, 5.74) is 1.57. The number of methoxy groups -OCH3 is 1. The Bertz CT molecular complexity index is 631. The summed E-state index contributed by atoms with van der Waals surface area (Å²) < 4.78 is 6.46. The van der Waals surface area contributed by atoms with Crippen molar-refractivity contribution in [3.05, 3.63) is 36.0 Å². The minimum atomic E-state index is -0.434. The van der Waals surface area contributed by atoms with Gasteiger partial charge in [0.25, 0.3) is 5.91 Å². The molecule has 0 radical (unpaired) electrons. The number of benzene rings is 1. The Hall–Kier alpha value is -2.30. The van der Waals surface area contributed by atoms with Gasteiger partial charge in [-0.2, -0.15) is 0 Å². The highest BCUT2D eigenvalue weighted by molar-refractivity contribution is 6.07. The average Bonchev–Trinajstić information content (AvgIpc) is 2.75. The van der Waals surface area contributed by atoms with Crippen LogP contribution in [0.15, 0.2) is 30.5 Å². The maximum atomic E-state index is 12.3. The number of rotatable bonds is 3. The van der Waals surface area contributed by atoms with Crippen molar-refractivity contribution in [3.8, 4) is 0 Å². The predicted molar refractivity (Wildman–Crippen MR) is 71.9 cm³/mol. The molecule has 0 saturated heterocycles. The Morgan fingerprint density at radius 3 is 2.68 bits per heavy atom. The van der Waals surface area contributed by atoms with Crippen LogP contribution in [0.1, 0.15) is 10.4 Å². The number of para-hydroxylation sites is 1. The summed E-state index contributed by atoms with van der Waals surface area (Å²) in [5.74, 6) is -0.627. The molecule has 1 heterocycles. The van der Waals surface area contributed by atoms with E-state index in [0.717, 1.165) is 10.9 Å². The van der Waals surface area contributed by atoms with Crippen molar-refractivity contribution in [2.75, 3.05) is 20.7 Å². The highest BCUT2D eigenvalue weighted by atomic mass is 16.5. The van der Waals surface area contributed by atoms with Gasteiger partial charge in [-0.15, -0.1) is 0 Å². The van der Waals surface area contributed by atoms with E-state index in [-0.39, 0.29) is 12.5 Å². The SMILES string of the molecule is COC(=O)CN(C)C(=O)c1cn(C)c2ccccc12. The molecule has 0 atom stereocenters. The molecule has 2 aromatic rings. The lowest BCUT2D eigenvalue weighted by Gasteiger charge is -2.14. The van der Waals surface area contributed by atoms with Crippen LogP contribution in [-0.4, -0.2) is 42.0 Å². The molecule has 1 amide bonds. The zero-order chi connectivity index (χ0) is 14.0. The molecule has 0 aliphatic rings. The first-order chi connectivity index (χ1) is 9.04. The van der Waals surface area contributed by atoms with Crippen LogP contribution in [0.2, 0.25) is 0 Å². The number of fused-ring (bicyclic) bond motifs is 1. The van der Waals surface area contributed by atoms with E-state index in [2.05, 4.69) is 4.74 Å². The molecule has 0 saturated carbocycles. The molecule has 0 aliphatic heterocycles. The van der Waals surface area contributed by atoms with E-state index in [0.29, 0.717) is 5.56 Å². The zero-order valence-corrected chi connectivity index (χ0v) is 11.2. The Morgan fingerprint density at radius 2 is 2.00 bits per heavy atom. The quantitative estimate of drug-likeness (QED) is 0.784. The second kappa shape index (κ2) is 5.14. The molecular weight excluding hydrogens is 244 g/mol. The van der Waals surface area contributed by atoms with Crippen molar-refractivity contribution >= 4 is 22.8 Å². The van der Waals surface area contributed by atoms with Gasteiger partial charge in [-0.3, -0.25) is 9.59 Å². The topological polar surface area (TPSA) is 51.5 Å². The molecule has 0 fully saturated rings. The number of hydrogen-bond donors (Lipinski definition) is 0. The monoisotopic (exact) mass is 260 g/mol. The molecule has 5 nitrogen and oxygen atoms in total. The molecule has 1 aromatic heterocycles. The van der Waals surface area contributed by atoms with Crippen LogP contribution in [0.25, 0.3) is 10.9 Å². The molecule has 5 heteroatoms. The third-order valence-electron chi connectivity index (χ3n) is 3.07. The number of esters is 1. The molecule has 0 spiro atoms. The van der Waals surface area contributed by atoms with E-state index in [1.807, 2.05) is 35.9 Å². The standard InChI is InChI=1S/C14H16N2O3/c1-15-8-11(10-6-4-5-7-12(10)15)14(18)16(2)9-13(17)19-3/h4-8H,9H2,1-3H3. The number of aryl methyl sites for hydroxylation is 1. The molecule has 0 aliphatic carbocycles. The predicted octanol–water partition coefficient (Wildman–Crippen LogP) is 1.42. The van der Waals surface area contributed by atoms with Crippen molar-refractivity contribution in [2.24, 2.45) is 7.05 Å². The van der Waals surface area contributed by atoms with Gasteiger partial charge in [0, 0.05) is 31.2 Å². The van der Waals surface area contributed by atoms with Gasteiger partial charge in [-0.1, -0.05) is 18.2 Å². The Kier molecular flexibility index (Phi) is 3.55. The summed E-state index contributed by atoms with van der Waals surface area (Å²) in [6.45, 7) is -0.0570. The lowest BCUT2D eigenvalue weighted by molar-refractivity contribution is -0.141. The molecule has 0 N–H and O–H groups in total. The summed E-state index contributed by atoms with van der Waals surface area (Å²) in [6, 6.07) is 7.66. The second-order valence-corrected chi connectivity index (χ2v) is 4.41. The Balaban J connectivity index is 2.34. The van der Waals surface area contributed by atoms with Crippen molar-refractivity contribution in [2.45, 2.75) is 0 Å². The van der Waals surface area contributed by atoms with E-state index in [4.69, 9.17) is 0 Å². The van der Waals surface area contributed by atoms with Crippen molar-refractivity contribution in [3.63, 3.8) is 0 Å². The fraction of sp³-hybridized carbons (Fsp3) is 0.286. The normalized spacial score (nSPS) is 10.5. The number of nitrogens with zero attached hydrogens (tertiary/aromatic N) is 2. The molecule has 100 valence electrons. The highest BCUT2D eigenvalue weighted by Gasteiger charge is 2.19. The lowest BCUT2D eigenvalue weighted by Crippen LogP contribution is -2.32. The van der Waals surface area contributed by atoms with Crippen LogP contribution in [0, 0.1) is 0 Å². The van der Waals surface area contributed by atoms with Crippen molar-refractivity contribution in [1.82, 2.24) is 9.47 Å². The largest absolute Gasteiger partial charge is 0.468 e. The highest BCUT2D eigenvalue weighted by Crippen LogP contribution is 2.21. The number of amides is 1. The summed E-state index contributed by atoms with van der Waals surface area (Å²) in [4.78, 5) is 24.9. The molecule has 0 unspecified atom stereocenters. The number of carbonyl (C=O) groups is 2.